The smallest absolute Gasteiger partial charge is 0.252 e. The molecule has 1 saturated heterocycles. The lowest BCUT2D eigenvalue weighted by atomic mass is 10.2. The van der Waals surface area contributed by atoms with E-state index in [1.165, 1.54) is 24.1 Å². The van der Waals surface area contributed by atoms with Gasteiger partial charge in [-0.25, -0.2) is 4.39 Å². The van der Waals surface area contributed by atoms with Gasteiger partial charge in [-0.15, -0.1) is 0 Å². The topological polar surface area (TPSA) is 58.6 Å². The zero-order valence-electron chi connectivity index (χ0n) is 13.0. The van der Waals surface area contributed by atoms with Crippen LogP contribution in [0.3, 0.4) is 0 Å². The van der Waals surface area contributed by atoms with Crippen LogP contribution in [0.1, 0.15) is 24.8 Å². The molecule has 2 rings (SSSR count). The zero-order chi connectivity index (χ0) is 16.8. The quantitative estimate of drug-likeness (QED) is 0.891. The SMILES string of the molecule is COC1CCCCN(CC(=O)NCc2c(F)cccc2Cl)C1=O. The van der Waals surface area contributed by atoms with Crippen molar-refractivity contribution in [1.29, 1.82) is 0 Å². The highest BCUT2D eigenvalue weighted by Gasteiger charge is 2.27. The molecule has 1 N–H and O–H groups in total. The molecule has 5 nitrogen and oxygen atoms in total. The van der Waals surface area contributed by atoms with Crippen molar-refractivity contribution >= 4 is 23.4 Å². The van der Waals surface area contributed by atoms with Gasteiger partial charge in [-0.3, -0.25) is 9.59 Å². The van der Waals surface area contributed by atoms with Crippen molar-refractivity contribution < 1.29 is 18.7 Å². The summed E-state index contributed by atoms with van der Waals surface area (Å²) in [6.07, 6.45) is 1.88. The maximum absolute atomic E-state index is 13.7. The van der Waals surface area contributed by atoms with E-state index < -0.39 is 11.9 Å². The van der Waals surface area contributed by atoms with Gasteiger partial charge < -0.3 is 15.0 Å². The Kier molecular flexibility index (Phi) is 6.36. The molecule has 0 spiro atoms. The summed E-state index contributed by atoms with van der Waals surface area (Å²) in [4.78, 5) is 25.8. The van der Waals surface area contributed by atoms with Crippen molar-refractivity contribution in [2.75, 3.05) is 20.2 Å². The largest absolute Gasteiger partial charge is 0.372 e. The van der Waals surface area contributed by atoms with E-state index in [9.17, 15) is 14.0 Å². The van der Waals surface area contributed by atoms with Crippen molar-refractivity contribution in [3.05, 3.63) is 34.6 Å². The molecule has 7 heteroatoms. The minimum Gasteiger partial charge on any atom is -0.372 e. The number of likely N-dealkylation sites (tertiary alicyclic amines) is 1. The van der Waals surface area contributed by atoms with Crippen LogP contribution in [0.4, 0.5) is 4.39 Å². The number of hydrogen-bond acceptors (Lipinski definition) is 3. The molecule has 0 aliphatic carbocycles. The highest BCUT2D eigenvalue weighted by molar-refractivity contribution is 6.31. The van der Waals surface area contributed by atoms with Crippen LogP contribution in [-0.2, 0) is 20.9 Å². The summed E-state index contributed by atoms with van der Waals surface area (Å²) in [5.41, 5.74) is 0.236. The minimum absolute atomic E-state index is 0.0138. The molecule has 2 amide bonds. The number of amides is 2. The first-order chi connectivity index (χ1) is 11.0. The Bertz CT molecular complexity index is 562. The maximum atomic E-state index is 13.7. The van der Waals surface area contributed by atoms with E-state index in [1.54, 1.807) is 6.07 Å². The van der Waals surface area contributed by atoms with Crippen LogP contribution in [0.15, 0.2) is 18.2 Å². The first-order valence-electron chi connectivity index (χ1n) is 7.54. The summed E-state index contributed by atoms with van der Waals surface area (Å²) in [6.45, 7) is 0.442. The highest BCUT2D eigenvalue weighted by Crippen LogP contribution is 2.18. The molecule has 1 aliphatic heterocycles. The molecular formula is C16H20ClFN2O3. The molecule has 0 radical (unpaired) electrons. The van der Waals surface area contributed by atoms with Crippen molar-refractivity contribution in [3.8, 4) is 0 Å². The molecule has 0 aromatic heterocycles. The number of carbonyl (C=O) groups excluding carboxylic acids is 2. The monoisotopic (exact) mass is 342 g/mol. The normalized spacial score (nSPS) is 18.7. The van der Waals surface area contributed by atoms with Gasteiger partial charge in [0.25, 0.3) is 5.91 Å². The molecule has 23 heavy (non-hydrogen) atoms. The molecule has 1 aliphatic rings. The molecule has 1 aromatic carbocycles. The first kappa shape index (κ1) is 17.7. The summed E-state index contributed by atoms with van der Waals surface area (Å²) in [6, 6.07) is 4.35. The summed E-state index contributed by atoms with van der Waals surface area (Å²) in [5.74, 6) is -0.999. The Hall–Kier alpha value is -1.66. The van der Waals surface area contributed by atoms with Gasteiger partial charge in [0, 0.05) is 30.8 Å². The Morgan fingerprint density at radius 1 is 1.48 bits per heavy atom. The number of methoxy groups -OCH3 is 1. The third-order valence-corrected chi connectivity index (χ3v) is 4.23. The van der Waals surface area contributed by atoms with E-state index in [0.29, 0.717) is 13.0 Å². The van der Waals surface area contributed by atoms with Crippen LogP contribution in [0.5, 0.6) is 0 Å². The molecular weight excluding hydrogens is 323 g/mol. The van der Waals surface area contributed by atoms with Crippen molar-refractivity contribution in [2.24, 2.45) is 0 Å². The maximum Gasteiger partial charge on any atom is 0.252 e. The van der Waals surface area contributed by atoms with Gasteiger partial charge >= 0.3 is 0 Å². The number of carbonyl (C=O) groups is 2. The van der Waals surface area contributed by atoms with Crippen LogP contribution in [0.2, 0.25) is 5.02 Å². The van der Waals surface area contributed by atoms with Gasteiger partial charge in [0.1, 0.15) is 11.9 Å². The van der Waals surface area contributed by atoms with Crippen LogP contribution in [-0.4, -0.2) is 43.0 Å². The van der Waals surface area contributed by atoms with E-state index in [2.05, 4.69) is 5.32 Å². The fourth-order valence-corrected chi connectivity index (χ4v) is 2.79. The van der Waals surface area contributed by atoms with Gasteiger partial charge in [0.2, 0.25) is 5.91 Å². The lowest BCUT2D eigenvalue weighted by Crippen LogP contribution is -2.44. The summed E-state index contributed by atoms with van der Waals surface area (Å²) in [7, 11) is 1.49. The minimum atomic E-state index is -0.494. The fraction of sp³-hybridized carbons (Fsp3) is 0.500. The number of benzene rings is 1. The van der Waals surface area contributed by atoms with Crippen molar-refractivity contribution in [3.63, 3.8) is 0 Å². The van der Waals surface area contributed by atoms with Crippen LogP contribution in [0.25, 0.3) is 0 Å². The number of nitrogens with zero attached hydrogens (tertiary/aromatic N) is 1. The Balaban J connectivity index is 1.92. The van der Waals surface area contributed by atoms with Crippen LogP contribution >= 0.6 is 11.6 Å². The van der Waals surface area contributed by atoms with Gasteiger partial charge in [-0.2, -0.15) is 0 Å². The first-order valence-corrected chi connectivity index (χ1v) is 7.92. The van der Waals surface area contributed by atoms with E-state index >= 15 is 0 Å². The van der Waals surface area contributed by atoms with Gasteiger partial charge in [-0.1, -0.05) is 17.7 Å². The van der Waals surface area contributed by atoms with E-state index in [4.69, 9.17) is 16.3 Å². The molecule has 1 fully saturated rings. The molecule has 1 atom stereocenters. The Morgan fingerprint density at radius 3 is 2.96 bits per heavy atom. The third kappa shape index (κ3) is 4.65. The molecule has 1 unspecified atom stereocenters. The summed E-state index contributed by atoms with van der Waals surface area (Å²) in [5, 5.41) is 2.86. The van der Waals surface area contributed by atoms with Crippen molar-refractivity contribution in [1.82, 2.24) is 10.2 Å². The lowest BCUT2D eigenvalue weighted by molar-refractivity contribution is -0.144. The second-order valence-electron chi connectivity index (χ2n) is 5.46. The third-order valence-electron chi connectivity index (χ3n) is 3.87. The summed E-state index contributed by atoms with van der Waals surface area (Å²) < 4.78 is 18.8. The average molecular weight is 343 g/mol. The zero-order valence-corrected chi connectivity index (χ0v) is 13.7. The van der Waals surface area contributed by atoms with Gasteiger partial charge in [0.05, 0.1) is 6.54 Å². The predicted molar refractivity (Wildman–Crippen MR) is 84.5 cm³/mol. The lowest BCUT2D eigenvalue weighted by Gasteiger charge is -2.23. The molecule has 0 saturated carbocycles. The van der Waals surface area contributed by atoms with Gasteiger partial charge in [-0.05, 0) is 31.4 Å². The molecule has 0 bridgehead atoms. The predicted octanol–water partition coefficient (Wildman–Crippen LogP) is 2.12. The number of hydrogen-bond donors (Lipinski definition) is 1. The fourth-order valence-electron chi connectivity index (χ4n) is 2.56. The van der Waals surface area contributed by atoms with E-state index in [0.717, 1.165) is 12.8 Å². The molecule has 1 aromatic rings. The van der Waals surface area contributed by atoms with Gasteiger partial charge in [0.15, 0.2) is 0 Å². The number of rotatable bonds is 5. The summed E-state index contributed by atoms with van der Waals surface area (Å²) >= 11 is 5.92. The number of halogens is 2. The average Bonchev–Trinajstić information content (AvgIpc) is 2.69. The standard InChI is InChI=1S/C16H20ClFN2O3/c1-23-14-7-2-3-8-20(16(14)22)10-15(21)19-9-11-12(17)5-4-6-13(11)18/h4-6,14H,2-3,7-10H2,1H3,(H,19,21). The number of nitrogens with one attached hydrogen (secondary N) is 1. The van der Waals surface area contributed by atoms with Crippen LogP contribution in [0, 0.1) is 5.82 Å². The Labute approximate surface area is 139 Å². The highest BCUT2D eigenvalue weighted by atomic mass is 35.5. The van der Waals surface area contributed by atoms with E-state index in [-0.39, 0.29) is 35.5 Å². The second kappa shape index (κ2) is 8.26. The molecule has 1 heterocycles. The Morgan fingerprint density at radius 2 is 2.26 bits per heavy atom. The molecule has 126 valence electrons. The van der Waals surface area contributed by atoms with Crippen LogP contribution < -0.4 is 5.32 Å². The van der Waals surface area contributed by atoms with Crippen molar-refractivity contribution in [2.45, 2.75) is 31.9 Å². The number of ether oxygens (including phenoxy) is 1. The second-order valence-corrected chi connectivity index (χ2v) is 5.86. The van der Waals surface area contributed by atoms with E-state index in [1.807, 2.05) is 0 Å².